The molecular formula is C14H16Cl2N4O. The van der Waals surface area contributed by atoms with Gasteiger partial charge in [0.2, 0.25) is 0 Å². The fourth-order valence-electron chi connectivity index (χ4n) is 1.92. The van der Waals surface area contributed by atoms with Crippen molar-refractivity contribution >= 4 is 34.8 Å². The molecule has 112 valence electrons. The molecule has 7 heteroatoms. The van der Waals surface area contributed by atoms with E-state index in [0.29, 0.717) is 28.2 Å². The summed E-state index contributed by atoms with van der Waals surface area (Å²) in [6.45, 7) is 0.652. The van der Waals surface area contributed by atoms with E-state index in [0.717, 1.165) is 17.7 Å². The number of rotatable bonds is 6. The molecule has 0 radical (unpaired) electrons. The molecule has 1 aromatic carbocycles. The summed E-state index contributed by atoms with van der Waals surface area (Å²) in [5.41, 5.74) is 3.53. The Labute approximate surface area is 133 Å². The van der Waals surface area contributed by atoms with Gasteiger partial charge in [-0.1, -0.05) is 41.4 Å². The lowest BCUT2D eigenvalue weighted by Gasteiger charge is -2.12. The van der Waals surface area contributed by atoms with Gasteiger partial charge in [-0.15, -0.1) is 0 Å². The van der Waals surface area contributed by atoms with Crippen molar-refractivity contribution in [3.8, 4) is 5.75 Å². The molecule has 1 aromatic heterocycles. The molecule has 0 aliphatic carbocycles. The first-order valence-electron chi connectivity index (χ1n) is 6.34. The number of nitrogens with one attached hydrogen (secondary N) is 2. The molecule has 0 aliphatic heterocycles. The highest BCUT2D eigenvalue weighted by molar-refractivity contribution is 6.37. The molecular weight excluding hydrogens is 311 g/mol. The molecule has 2 rings (SSSR count). The monoisotopic (exact) mass is 326 g/mol. The van der Waals surface area contributed by atoms with Crippen LogP contribution in [0.15, 0.2) is 30.3 Å². The highest BCUT2D eigenvalue weighted by Gasteiger charge is 2.08. The van der Waals surface area contributed by atoms with Crippen LogP contribution in [0, 0.1) is 0 Å². The van der Waals surface area contributed by atoms with Crippen LogP contribution in [0.5, 0.6) is 5.75 Å². The summed E-state index contributed by atoms with van der Waals surface area (Å²) in [6.07, 6.45) is 0.774. The van der Waals surface area contributed by atoms with E-state index >= 15 is 0 Å². The summed E-state index contributed by atoms with van der Waals surface area (Å²) in [4.78, 5) is 4.22. The van der Waals surface area contributed by atoms with Crippen LogP contribution >= 0.6 is 23.2 Å². The normalized spacial score (nSPS) is 10.3. The number of nitrogens with zero attached hydrogens (tertiary/aromatic N) is 1. The summed E-state index contributed by atoms with van der Waals surface area (Å²) in [7, 11) is 1.66. The van der Waals surface area contributed by atoms with E-state index in [4.69, 9.17) is 33.8 Å². The van der Waals surface area contributed by atoms with Crippen LogP contribution in [0.25, 0.3) is 0 Å². The predicted octanol–water partition coefficient (Wildman–Crippen LogP) is 3.34. The second-order valence-electron chi connectivity index (χ2n) is 4.28. The minimum atomic E-state index is 0.373. The largest absolute Gasteiger partial charge is 0.496 e. The topological polar surface area (TPSA) is 72.2 Å². The van der Waals surface area contributed by atoms with Gasteiger partial charge in [0.05, 0.1) is 17.2 Å². The Balaban J connectivity index is 2.03. The number of halogens is 2. The third kappa shape index (κ3) is 3.91. The number of hydrogen-bond donors (Lipinski definition) is 3. The van der Waals surface area contributed by atoms with Crippen molar-refractivity contribution in [2.45, 2.75) is 6.42 Å². The standard InChI is InChI=1S/C14H16Cl2N4O/c1-21-12-5-3-2-4-9(12)6-7-18-13-10(15)8-11(16)14(19-13)20-17/h2-5,8H,6-7,17H2,1H3,(H2,18,19,20). The quantitative estimate of drug-likeness (QED) is 0.561. The van der Waals surface area contributed by atoms with Crippen LogP contribution in [0.2, 0.25) is 10.0 Å². The van der Waals surface area contributed by atoms with Gasteiger partial charge in [0.25, 0.3) is 0 Å². The molecule has 0 atom stereocenters. The first-order chi connectivity index (χ1) is 10.2. The third-order valence-electron chi connectivity index (χ3n) is 2.95. The molecule has 2 aromatic rings. The van der Waals surface area contributed by atoms with Crippen LogP contribution in [0.4, 0.5) is 11.6 Å². The predicted molar refractivity (Wildman–Crippen MR) is 87.3 cm³/mol. The van der Waals surface area contributed by atoms with E-state index in [1.165, 1.54) is 0 Å². The molecule has 0 bridgehead atoms. The summed E-state index contributed by atoms with van der Waals surface area (Å²) in [5.74, 6) is 7.11. The summed E-state index contributed by atoms with van der Waals surface area (Å²) >= 11 is 12.0. The van der Waals surface area contributed by atoms with Crippen LogP contribution in [0.1, 0.15) is 5.56 Å². The zero-order chi connectivity index (χ0) is 15.2. The average Bonchev–Trinajstić information content (AvgIpc) is 2.50. The SMILES string of the molecule is COc1ccccc1CCNc1nc(NN)c(Cl)cc1Cl. The van der Waals surface area contributed by atoms with Crippen LogP contribution in [-0.2, 0) is 6.42 Å². The highest BCUT2D eigenvalue weighted by atomic mass is 35.5. The maximum absolute atomic E-state index is 6.10. The molecule has 0 saturated carbocycles. The molecule has 5 nitrogen and oxygen atoms in total. The van der Waals surface area contributed by atoms with Gasteiger partial charge in [-0.25, -0.2) is 10.8 Å². The van der Waals surface area contributed by atoms with Gasteiger partial charge < -0.3 is 15.5 Å². The van der Waals surface area contributed by atoms with Crippen molar-refractivity contribution in [1.29, 1.82) is 0 Å². The Hall–Kier alpha value is -1.69. The number of nitrogens with two attached hydrogens (primary N) is 1. The van der Waals surface area contributed by atoms with Crippen molar-refractivity contribution in [2.75, 3.05) is 24.4 Å². The zero-order valence-corrected chi connectivity index (χ0v) is 13.0. The molecule has 4 N–H and O–H groups in total. The number of hydrazine groups is 1. The van der Waals surface area contributed by atoms with Crippen molar-refractivity contribution in [3.63, 3.8) is 0 Å². The van der Waals surface area contributed by atoms with E-state index < -0.39 is 0 Å². The molecule has 1 heterocycles. The number of benzene rings is 1. The molecule has 0 amide bonds. The summed E-state index contributed by atoms with van der Waals surface area (Å²) in [6, 6.07) is 9.45. The number of methoxy groups -OCH3 is 1. The van der Waals surface area contributed by atoms with Crippen molar-refractivity contribution in [1.82, 2.24) is 4.98 Å². The van der Waals surface area contributed by atoms with E-state index in [9.17, 15) is 0 Å². The Morgan fingerprint density at radius 1 is 1.19 bits per heavy atom. The number of anilines is 2. The molecule has 0 unspecified atom stereocenters. The Morgan fingerprint density at radius 3 is 2.62 bits per heavy atom. The van der Waals surface area contributed by atoms with E-state index in [-0.39, 0.29) is 0 Å². The fourth-order valence-corrected chi connectivity index (χ4v) is 2.40. The lowest BCUT2D eigenvalue weighted by atomic mass is 10.1. The second kappa shape index (κ2) is 7.36. The molecule has 0 aliphatic rings. The minimum Gasteiger partial charge on any atom is -0.496 e. The fraction of sp³-hybridized carbons (Fsp3) is 0.214. The molecule has 0 saturated heterocycles. The van der Waals surface area contributed by atoms with E-state index in [1.807, 2.05) is 24.3 Å². The smallest absolute Gasteiger partial charge is 0.161 e. The Kier molecular flexibility index (Phi) is 5.50. The van der Waals surface area contributed by atoms with Gasteiger partial charge in [0.1, 0.15) is 11.6 Å². The molecule has 0 fully saturated rings. The highest BCUT2D eigenvalue weighted by Crippen LogP contribution is 2.28. The Morgan fingerprint density at radius 2 is 1.90 bits per heavy atom. The first-order valence-corrected chi connectivity index (χ1v) is 7.09. The van der Waals surface area contributed by atoms with Gasteiger partial charge in [-0.3, -0.25) is 0 Å². The summed E-state index contributed by atoms with van der Waals surface area (Å²) in [5, 5.41) is 3.98. The Bertz CT molecular complexity index is 622. The van der Waals surface area contributed by atoms with Gasteiger partial charge >= 0.3 is 0 Å². The van der Waals surface area contributed by atoms with Crippen molar-refractivity contribution in [2.24, 2.45) is 5.84 Å². The van der Waals surface area contributed by atoms with E-state index in [2.05, 4.69) is 15.7 Å². The number of aromatic nitrogens is 1. The number of nitrogen functional groups attached to an aromatic ring is 1. The van der Waals surface area contributed by atoms with Gasteiger partial charge in [0.15, 0.2) is 5.82 Å². The third-order valence-corrected chi connectivity index (χ3v) is 3.52. The number of hydrogen-bond acceptors (Lipinski definition) is 5. The van der Waals surface area contributed by atoms with Crippen LogP contribution in [0.3, 0.4) is 0 Å². The molecule has 21 heavy (non-hydrogen) atoms. The summed E-state index contributed by atoms with van der Waals surface area (Å²) < 4.78 is 5.31. The maximum Gasteiger partial charge on any atom is 0.161 e. The van der Waals surface area contributed by atoms with Gasteiger partial charge in [-0.2, -0.15) is 0 Å². The van der Waals surface area contributed by atoms with Crippen LogP contribution < -0.4 is 21.3 Å². The van der Waals surface area contributed by atoms with Crippen molar-refractivity contribution in [3.05, 3.63) is 45.9 Å². The minimum absolute atomic E-state index is 0.373. The average molecular weight is 327 g/mol. The van der Waals surface area contributed by atoms with Crippen molar-refractivity contribution < 1.29 is 4.74 Å². The van der Waals surface area contributed by atoms with Crippen LogP contribution in [-0.4, -0.2) is 18.6 Å². The maximum atomic E-state index is 6.10. The second-order valence-corrected chi connectivity index (χ2v) is 5.10. The van der Waals surface area contributed by atoms with Gasteiger partial charge in [0, 0.05) is 6.54 Å². The van der Waals surface area contributed by atoms with E-state index in [1.54, 1.807) is 13.2 Å². The number of ether oxygens (including phenoxy) is 1. The number of para-hydroxylation sites is 1. The number of pyridine rings is 1. The van der Waals surface area contributed by atoms with Gasteiger partial charge in [-0.05, 0) is 24.1 Å². The lowest BCUT2D eigenvalue weighted by molar-refractivity contribution is 0.410. The zero-order valence-electron chi connectivity index (χ0n) is 11.5. The molecule has 0 spiro atoms. The first kappa shape index (κ1) is 15.7. The lowest BCUT2D eigenvalue weighted by Crippen LogP contribution is -2.12.